The molecule has 86 valence electrons. The number of para-hydroxylation sites is 1. The van der Waals surface area contributed by atoms with E-state index >= 15 is 0 Å². The first-order valence-corrected chi connectivity index (χ1v) is 4.76. The van der Waals surface area contributed by atoms with Crippen LogP contribution >= 0.6 is 0 Å². The zero-order valence-electron chi connectivity index (χ0n) is 8.29. The Morgan fingerprint density at radius 3 is 2.56 bits per heavy atom. The zero-order valence-corrected chi connectivity index (χ0v) is 8.29. The van der Waals surface area contributed by atoms with Crippen LogP contribution in [0.3, 0.4) is 0 Å². The third kappa shape index (κ3) is 2.36. The van der Waals surface area contributed by atoms with E-state index in [0.29, 0.717) is 5.58 Å². The fraction of sp³-hybridized carbons (Fsp3) is 0.273. The lowest BCUT2D eigenvalue weighted by molar-refractivity contribution is -0.139. The van der Waals surface area contributed by atoms with Gasteiger partial charge in [0.25, 0.3) is 0 Å². The molecular weight excluding hydrogens is 219 g/mol. The second-order valence-electron chi connectivity index (χ2n) is 3.61. The smallest absolute Gasteiger partial charge is 0.391 e. The number of rotatable bonds is 2. The van der Waals surface area contributed by atoms with Gasteiger partial charge in [0.1, 0.15) is 11.3 Å². The summed E-state index contributed by atoms with van der Waals surface area (Å²) in [6.45, 7) is 0. The van der Waals surface area contributed by atoms with Crippen molar-refractivity contribution in [3.8, 4) is 0 Å². The maximum atomic E-state index is 12.1. The Balaban J connectivity index is 2.26. The van der Waals surface area contributed by atoms with Gasteiger partial charge >= 0.3 is 6.18 Å². The standard InChI is InChI=1S/C11H10F3NO/c12-11(13,14)6-8(15)10-5-7-3-1-2-4-9(7)16-10/h1-5,8H,6,15H2. The molecule has 1 aromatic heterocycles. The van der Waals surface area contributed by atoms with Gasteiger partial charge < -0.3 is 10.2 Å². The van der Waals surface area contributed by atoms with Crippen LogP contribution in [0.4, 0.5) is 13.2 Å². The molecule has 0 amide bonds. The van der Waals surface area contributed by atoms with Crippen LogP contribution in [0.25, 0.3) is 11.0 Å². The number of nitrogens with two attached hydrogens (primary N) is 1. The van der Waals surface area contributed by atoms with Gasteiger partial charge in [-0.15, -0.1) is 0 Å². The van der Waals surface area contributed by atoms with Crippen LogP contribution in [0.1, 0.15) is 18.2 Å². The van der Waals surface area contributed by atoms with E-state index in [0.717, 1.165) is 5.39 Å². The van der Waals surface area contributed by atoms with Gasteiger partial charge in [-0.2, -0.15) is 13.2 Å². The molecule has 16 heavy (non-hydrogen) atoms. The highest BCUT2D eigenvalue weighted by Gasteiger charge is 2.32. The Bertz CT molecular complexity index is 456. The molecule has 1 heterocycles. The van der Waals surface area contributed by atoms with Crippen molar-refractivity contribution < 1.29 is 17.6 Å². The van der Waals surface area contributed by atoms with E-state index in [9.17, 15) is 13.2 Å². The van der Waals surface area contributed by atoms with E-state index in [1.165, 1.54) is 0 Å². The second kappa shape index (κ2) is 3.83. The summed E-state index contributed by atoms with van der Waals surface area (Å²) in [5.74, 6) is 0.165. The predicted octanol–water partition coefficient (Wildman–Crippen LogP) is 3.39. The van der Waals surface area contributed by atoms with Crippen LogP contribution in [0, 0.1) is 0 Å². The number of alkyl halides is 3. The van der Waals surface area contributed by atoms with Crippen LogP contribution < -0.4 is 5.73 Å². The van der Waals surface area contributed by atoms with E-state index < -0.39 is 18.6 Å². The number of furan rings is 1. The molecule has 1 atom stereocenters. The molecule has 0 bridgehead atoms. The van der Waals surface area contributed by atoms with Gasteiger partial charge in [0.05, 0.1) is 12.5 Å². The van der Waals surface area contributed by atoms with E-state index in [-0.39, 0.29) is 5.76 Å². The van der Waals surface area contributed by atoms with E-state index in [4.69, 9.17) is 10.2 Å². The second-order valence-corrected chi connectivity index (χ2v) is 3.61. The third-order valence-corrected chi connectivity index (χ3v) is 2.26. The monoisotopic (exact) mass is 229 g/mol. The molecule has 0 radical (unpaired) electrons. The first kappa shape index (κ1) is 11.0. The maximum Gasteiger partial charge on any atom is 0.391 e. The molecule has 1 aromatic carbocycles. The van der Waals surface area contributed by atoms with Gasteiger partial charge in [-0.3, -0.25) is 0 Å². The maximum absolute atomic E-state index is 12.1. The minimum atomic E-state index is -4.28. The van der Waals surface area contributed by atoms with E-state index in [1.54, 1.807) is 30.3 Å². The summed E-state index contributed by atoms with van der Waals surface area (Å²) in [7, 11) is 0. The molecule has 2 nitrogen and oxygen atoms in total. The average molecular weight is 229 g/mol. The zero-order chi connectivity index (χ0) is 11.8. The van der Waals surface area contributed by atoms with Crippen molar-refractivity contribution in [2.75, 3.05) is 0 Å². The van der Waals surface area contributed by atoms with Crippen LogP contribution in [0.15, 0.2) is 34.7 Å². The van der Waals surface area contributed by atoms with Gasteiger partial charge in [0.2, 0.25) is 0 Å². The molecule has 0 fully saturated rings. The van der Waals surface area contributed by atoms with Crippen molar-refractivity contribution in [2.24, 2.45) is 5.73 Å². The van der Waals surface area contributed by atoms with Crippen molar-refractivity contribution in [3.05, 3.63) is 36.1 Å². The molecule has 2 rings (SSSR count). The minimum absolute atomic E-state index is 0.165. The summed E-state index contributed by atoms with van der Waals surface area (Å²) in [6.07, 6.45) is -5.36. The molecule has 0 aliphatic rings. The van der Waals surface area contributed by atoms with Gasteiger partial charge in [0.15, 0.2) is 0 Å². The number of hydrogen-bond acceptors (Lipinski definition) is 2. The largest absolute Gasteiger partial charge is 0.459 e. The van der Waals surface area contributed by atoms with Crippen molar-refractivity contribution in [3.63, 3.8) is 0 Å². The van der Waals surface area contributed by atoms with Crippen LogP contribution in [0.5, 0.6) is 0 Å². The first-order chi connectivity index (χ1) is 7.46. The Morgan fingerprint density at radius 2 is 1.94 bits per heavy atom. The van der Waals surface area contributed by atoms with Crippen LogP contribution in [0.2, 0.25) is 0 Å². The molecule has 5 heteroatoms. The molecular formula is C11H10F3NO. The molecule has 0 aliphatic heterocycles. The number of hydrogen-bond donors (Lipinski definition) is 1. The Hall–Kier alpha value is -1.49. The summed E-state index contributed by atoms with van der Waals surface area (Å²) in [4.78, 5) is 0. The van der Waals surface area contributed by atoms with Crippen LogP contribution in [-0.2, 0) is 0 Å². The third-order valence-electron chi connectivity index (χ3n) is 2.26. The molecule has 0 saturated heterocycles. The Morgan fingerprint density at radius 1 is 1.25 bits per heavy atom. The highest BCUT2D eigenvalue weighted by molar-refractivity contribution is 5.77. The summed E-state index contributed by atoms with van der Waals surface area (Å²) in [6, 6.07) is 7.41. The summed E-state index contributed by atoms with van der Waals surface area (Å²) >= 11 is 0. The van der Waals surface area contributed by atoms with Gasteiger partial charge in [0, 0.05) is 5.39 Å². The molecule has 0 spiro atoms. The quantitative estimate of drug-likeness (QED) is 0.857. The fourth-order valence-electron chi connectivity index (χ4n) is 1.54. The molecule has 0 aliphatic carbocycles. The van der Waals surface area contributed by atoms with Crippen molar-refractivity contribution >= 4 is 11.0 Å². The predicted molar refractivity (Wildman–Crippen MR) is 53.8 cm³/mol. The summed E-state index contributed by atoms with van der Waals surface area (Å²) in [5.41, 5.74) is 5.98. The van der Waals surface area contributed by atoms with Crippen molar-refractivity contribution in [1.82, 2.24) is 0 Å². The van der Waals surface area contributed by atoms with E-state index in [1.807, 2.05) is 0 Å². The Kier molecular flexibility index (Phi) is 2.63. The number of halogens is 3. The van der Waals surface area contributed by atoms with Gasteiger partial charge in [-0.05, 0) is 12.1 Å². The highest BCUT2D eigenvalue weighted by Crippen LogP contribution is 2.30. The van der Waals surface area contributed by atoms with Gasteiger partial charge in [-0.1, -0.05) is 18.2 Å². The van der Waals surface area contributed by atoms with Crippen molar-refractivity contribution in [1.29, 1.82) is 0 Å². The molecule has 0 saturated carbocycles. The fourth-order valence-corrected chi connectivity index (χ4v) is 1.54. The molecule has 2 aromatic rings. The van der Waals surface area contributed by atoms with E-state index in [2.05, 4.69) is 0 Å². The normalized spacial score (nSPS) is 14.2. The lowest BCUT2D eigenvalue weighted by atomic mass is 10.1. The summed E-state index contributed by atoms with van der Waals surface area (Å²) < 4.78 is 41.6. The van der Waals surface area contributed by atoms with Gasteiger partial charge in [-0.25, -0.2) is 0 Å². The topological polar surface area (TPSA) is 39.2 Å². The van der Waals surface area contributed by atoms with Crippen LogP contribution in [-0.4, -0.2) is 6.18 Å². The summed E-state index contributed by atoms with van der Waals surface area (Å²) in [5, 5.41) is 0.759. The minimum Gasteiger partial charge on any atom is -0.459 e. The molecule has 1 unspecified atom stereocenters. The number of fused-ring (bicyclic) bond motifs is 1. The lowest BCUT2D eigenvalue weighted by Crippen LogP contribution is -2.19. The SMILES string of the molecule is NC(CC(F)(F)F)c1cc2ccccc2o1. The first-order valence-electron chi connectivity index (χ1n) is 4.76. The Labute approximate surface area is 89.8 Å². The highest BCUT2D eigenvalue weighted by atomic mass is 19.4. The number of benzene rings is 1. The lowest BCUT2D eigenvalue weighted by Gasteiger charge is -2.10. The molecule has 2 N–H and O–H groups in total. The van der Waals surface area contributed by atoms with Crippen molar-refractivity contribution in [2.45, 2.75) is 18.6 Å². The average Bonchev–Trinajstić information content (AvgIpc) is 2.58.